The van der Waals surface area contributed by atoms with Crippen molar-refractivity contribution in [1.29, 1.82) is 0 Å². The molecule has 0 radical (unpaired) electrons. The normalized spacial score (nSPS) is 15.5. The summed E-state index contributed by atoms with van der Waals surface area (Å²) in [6.45, 7) is 1.51. The Balaban J connectivity index is 0.000000980. The van der Waals surface area contributed by atoms with E-state index < -0.39 is 0 Å². The highest BCUT2D eigenvalue weighted by Gasteiger charge is 2.25. The first-order valence-corrected chi connectivity index (χ1v) is 5.08. The van der Waals surface area contributed by atoms with E-state index in [4.69, 9.17) is 11.6 Å². The van der Waals surface area contributed by atoms with Gasteiger partial charge in [-0.1, -0.05) is 22.9 Å². The van der Waals surface area contributed by atoms with Crippen molar-refractivity contribution in [3.8, 4) is 0 Å². The zero-order chi connectivity index (χ0) is 9.26. The van der Waals surface area contributed by atoms with Gasteiger partial charge in [0.1, 0.15) is 4.34 Å². The molecule has 4 nitrogen and oxygen atoms in total. The predicted molar refractivity (Wildman–Crippen MR) is 59.4 cm³/mol. The highest BCUT2D eigenvalue weighted by molar-refractivity contribution is 7.19. The number of halogens is 2. The zero-order valence-electron chi connectivity index (χ0n) is 7.12. The van der Waals surface area contributed by atoms with Crippen molar-refractivity contribution < 1.29 is 4.79 Å². The second-order valence-corrected chi connectivity index (χ2v) is 4.48. The van der Waals surface area contributed by atoms with E-state index in [1.165, 1.54) is 17.5 Å². The Hall–Kier alpha value is -0.360. The van der Waals surface area contributed by atoms with Crippen LogP contribution < -0.4 is 10.6 Å². The molecule has 0 bridgehead atoms. The second-order valence-electron chi connectivity index (χ2n) is 2.81. The van der Waals surface area contributed by atoms with E-state index in [1.54, 1.807) is 0 Å². The molecular weight excluding hydrogens is 245 g/mol. The molecule has 1 aromatic heterocycles. The van der Waals surface area contributed by atoms with Crippen LogP contribution >= 0.6 is 35.3 Å². The van der Waals surface area contributed by atoms with E-state index in [0.29, 0.717) is 9.47 Å². The van der Waals surface area contributed by atoms with Gasteiger partial charge in [-0.2, -0.15) is 0 Å². The van der Waals surface area contributed by atoms with Gasteiger partial charge in [0.2, 0.25) is 5.91 Å². The first kappa shape index (κ1) is 11.7. The molecule has 1 fully saturated rings. The summed E-state index contributed by atoms with van der Waals surface area (Å²) >= 11 is 6.93. The number of aromatic nitrogens is 1. The van der Waals surface area contributed by atoms with E-state index in [-0.39, 0.29) is 24.2 Å². The lowest BCUT2D eigenvalue weighted by Crippen LogP contribution is -2.48. The quantitative estimate of drug-likeness (QED) is 0.838. The molecule has 1 saturated heterocycles. The van der Waals surface area contributed by atoms with Gasteiger partial charge in [0.05, 0.1) is 12.1 Å². The fourth-order valence-corrected chi connectivity index (χ4v) is 1.81. The smallest absolute Gasteiger partial charge is 0.231 e. The summed E-state index contributed by atoms with van der Waals surface area (Å²) in [7, 11) is 0. The van der Waals surface area contributed by atoms with Gasteiger partial charge in [-0.25, -0.2) is 4.98 Å². The van der Waals surface area contributed by atoms with E-state index >= 15 is 0 Å². The topological polar surface area (TPSA) is 54.0 Å². The van der Waals surface area contributed by atoms with Gasteiger partial charge in [-0.3, -0.25) is 4.79 Å². The molecule has 7 heteroatoms. The highest BCUT2D eigenvalue weighted by Crippen LogP contribution is 2.23. The fraction of sp³-hybridized carbons (Fsp3) is 0.429. The number of nitrogens with zero attached hydrogens (tertiary/aromatic N) is 1. The van der Waals surface area contributed by atoms with Crippen LogP contribution in [0.2, 0.25) is 4.34 Å². The first-order chi connectivity index (χ1) is 6.25. The van der Waals surface area contributed by atoms with Crippen LogP contribution in [0.25, 0.3) is 0 Å². The van der Waals surface area contributed by atoms with Crippen molar-refractivity contribution in [2.75, 3.05) is 18.4 Å². The third-order valence-corrected chi connectivity index (χ3v) is 2.89. The molecule has 2 heterocycles. The minimum Gasteiger partial charge on any atom is -0.315 e. The third kappa shape index (κ3) is 2.57. The third-order valence-electron chi connectivity index (χ3n) is 1.86. The SMILES string of the molecule is Cl.O=C(Nc1ncc(Cl)s1)C1CNC1. The van der Waals surface area contributed by atoms with E-state index in [2.05, 4.69) is 15.6 Å². The van der Waals surface area contributed by atoms with Crippen LogP contribution in [0.5, 0.6) is 0 Å². The highest BCUT2D eigenvalue weighted by atomic mass is 35.5. The molecule has 78 valence electrons. The molecule has 0 saturated carbocycles. The summed E-state index contributed by atoms with van der Waals surface area (Å²) in [6.07, 6.45) is 1.53. The van der Waals surface area contributed by atoms with Gasteiger partial charge >= 0.3 is 0 Å². The van der Waals surface area contributed by atoms with E-state index in [9.17, 15) is 4.79 Å². The van der Waals surface area contributed by atoms with Gasteiger partial charge in [-0.15, -0.1) is 12.4 Å². The van der Waals surface area contributed by atoms with Crippen LogP contribution in [0.1, 0.15) is 0 Å². The summed E-state index contributed by atoms with van der Waals surface area (Å²) in [5.41, 5.74) is 0. The Morgan fingerprint density at radius 2 is 2.43 bits per heavy atom. The maximum absolute atomic E-state index is 11.4. The zero-order valence-corrected chi connectivity index (χ0v) is 9.51. The lowest BCUT2D eigenvalue weighted by Gasteiger charge is -2.25. The summed E-state index contributed by atoms with van der Waals surface area (Å²) in [6, 6.07) is 0. The molecule has 1 aliphatic rings. The predicted octanol–water partition coefficient (Wildman–Crippen LogP) is 1.38. The number of nitrogens with one attached hydrogen (secondary N) is 2. The molecular formula is C7H9Cl2N3OS. The Bertz CT molecular complexity index is 326. The average Bonchev–Trinajstić information content (AvgIpc) is 2.31. The molecule has 1 aliphatic heterocycles. The second kappa shape index (κ2) is 4.93. The number of thiazole rings is 1. The largest absolute Gasteiger partial charge is 0.315 e. The molecule has 1 aromatic rings. The standard InChI is InChI=1S/C7H8ClN3OS.ClH/c8-5-3-10-7(13-5)11-6(12)4-1-9-2-4;/h3-4,9H,1-2H2,(H,10,11,12);1H. The molecule has 0 aliphatic carbocycles. The molecule has 2 rings (SSSR count). The fourth-order valence-electron chi connectivity index (χ4n) is 0.994. The van der Waals surface area contributed by atoms with Crippen molar-refractivity contribution in [1.82, 2.24) is 10.3 Å². The minimum absolute atomic E-state index is 0. The monoisotopic (exact) mass is 253 g/mol. The molecule has 0 aromatic carbocycles. The first-order valence-electron chi connectivity index (χ1n) is 3.88. The Morgan fingerprint density at radius 3 is 2.86 bits per heavy atom. The molecule has 14 heavy (non-hydrogen) atoms. The number of anilines is 1. The van der Waals surface area contributed by atoms with Crippen molar-refractivity contribution in [3.63, 3.8) is 0 Å². The molecule has 0 unspecified atom stereocenters. The number of amides is 1. The van der Waals surface area contributed by atoms with Crippen molar-refractivity contribution in [2.45, 2.75) is 0 Å². The summed E-state index contributed by atoms with van der Waals surface area (Å²) < 4.78 is 0.585. The Morgan fingerprint density at radius 1 is 1.71 bits per heavy atom. The van der Waals surface area contributed by atoms with E-state index in [0.717, 1.165) is 13.1 Å². The molecule has 1 amide bonds. The Labute approximate surface area is 96.5 Å². The van der Waals surface area contributed by atoms with Gasteiger partial charge in [-0.05, 0) is 0 Å². The van der Waals surface area contributed by atoms with Crippen LogP contribution in [0, 0.1) is 5.92 Å². The van der Waals surface area contributed by atoms with Gasteiger partial charge in [0.25, 0.3) is 0 Å². The average molecular weight is 254 g/mol. The van der Waals surface area contributed by atoms with E-state index in [1.807, 2.05) is 0 Å². The number of hydrogen-bond acceptors (Lipinski definition) is 4. The van der Waals surface area contributed by atoms with Gasteiger partial charge in [0, 0.05) is 13.1 Å². The summed E-state index contributed by atoms with van der Waals surface area (Å²) in [5, 5.41) is 6.31. The molecule has 0 atom stereocenters. The summed E-state index contributed by atoms with van der Waals surface area (Å²) in [5.74, 6) is 0.104. The van der Waals surface area contributed by atoms with Crippen molar-refractivity contribution in [2.24, 2.45) is 5.92 Å². The van der Waals surface area contributed by atoms with Crippen molar-refractivity contribution >= 4 is 46.4 Å². The lowest BCUT2D eigenvalue weighted by atomic mass is 10.0. The van der Waals surface area contributed by atoms with Crippen LogP contribution in [-0.2, 0) is 4.79 Å². The molecule has 2 N–H and O–H groups in total. The van der Waals surface area contributed by atoms with Crippen LogP contribution in [-0.4, -0.2) is 24.0 Å². The maximum Gasteiger partial charge on any atom is 0.231 e. The van der Waals surface area contributed by atoms with Gasteiger partial charge in [0.15, 0.2) is 5.13 Å². The van der Waals surface area contributed by atoms with Crippen LogP contribution in [0.15, 0.2) is 6.20 Å². The summed E-state index contributed by atoms with van der Waals surface area (Å²) in [4.78, 5) is 15.3. The van der Waals surface area contributed by atoms with Gasteiger partial charge < -0.3 is 10.6 Å². The number of rotatable bonds is 2. The van der Waals surface area contributed by atoms with Crippen molar-refractivity contribution in [3.05, 3.63) is 10.5 Å². The minimum atomic E-state index is 0. The maximum atomic E-state index is 11.4. The number of hydrogen-bond donors (Lipinski definition) is 2. The van der Waals surface area contributed by atoms with Crippen LogP contribution in [0.4, 0.5) is 5.13 Å². The number of carbonyl (C=O) groups excluding carboxylic acids is 1. The number of carbonyl (C=O) groups is 1. The Kier molecular flexibility index (Phi) is 4.12. The molecule has 0 spiro atoms. The lowest BCUT2D eigenvalue weighted by molar-refractivity contribution is -0.121. The van der Waals surface area contributed by atoms with Crippen LogP contribution in [0.3, 0.4) is 0 Å².